The zero-order valence-electron chi connectivity index (χ0n) is 16.1. The van der Waals surface area contributed by atoms with Gasteiger partial charge in [0.1, 0.15) is 5.75 Å². The van der Waals surface area contributed by atoms with Gasteiger partial charge in [0.25, 0.3) is 0 Å². The van der Waals surface area contributed by atoms with E-state index in [1.165, 1.54) is 17.0 Å². The van der Waals surface area contributed by atoms with E-state index in [1.807, 2.05) is 20.8 Å². The van der Waals surface area contributed by atoms with E-state index in [-0.39, 0.29) is 17.8 Å². The molecule has 1 aromatic carbocycles. The van der Waals surface area contributed by atoms with E-state index in [1.54, 1.807) is 18.2 Å². The van der Waals surface area contributed by atoms with E-state index in [9.17, 15) is 10.2 Å². The number of hydrogen-bond donors (Lipinski definition) is 2. The number of nitriles is 1. The van der Waals surface area contributed by atoms with E-state index in [2.05, 4.69) is 16.0 Å². The maximum atomic E-state index is 10.5. The highest BCUT2D eigenvalue weighted by molar-refractivity contribution is 5.52. The van der Waals surface area contributed by atoms with Crippen LogP contribution in [0.3, 0.4) is 0 Å². The molecule has 0 saturated heterocycles. The molecule has 2 N–H and O–H groups in total. The van der Waals surface area contributed by atoms with Crippen LogP contribution in [0, 0.1) is 11.3 Å². The molecule has 0 aliphatic carbocycles. The van der Waals surface area contributed by atoms with Gasteiger partial charge in [0, 0.05) is 11.1 Å². The Morgan fingerprint density at radius 1 is 1.00 bits per heavy atom. The van der Waals surface area contributed by atoms with Gasteiger partial charge in [0.15, 0.2) is 0 Å². The molecule has 3 rings (SSSR count). The number of hydrogen-bond acceptors (Lipinski definition) is 6. The van der Waals surface area contributed by atoms with E-state index in [0.717, 1.165) is 5.56 Å². The fraction of sp³-hybridized carbons (Fsp3) is 0.286. The topological polar surface area (TPSA) is 104 Å². The summed E-state index contributed by atoms with van der Waals surface area (Å²) in [7, 11) is 0. The van der Waals surface area contributed by atoms with Crippen LogP contribution in [0.1, 0.15) is 43.0 Å². The molecule has 2 heterocycles. The molecule has 7 heteroatoms. The quantitative estimate of drug-likeness (QED) is 0.671. The molecule has 0 amide bonds. The van der Waals surface area contributed by atoms with Gasteiger partial charge in [0.2, 0.25) is 11.8 Å². The van der Waals surface area contributed by atoms with Crippen LogP contribution >= 0.6 is 0 Å². The lowest BCUT2D eigenvalue weighted by Gasteiger charge is -2.10. The molecule has 28 heavy (non-hydrogen) atoms. The van der Waals surface area contributed by atoms with Gasteiger partial charge in [-0.2, -0.15) is 5.26 Å². The summed E-state index contributed by atoms with van der Waals surface area (Å²) < 4.78 is 7.09. The zero-order chi connectivity index (χ0) is 20.3. The van der Waals surface area contributed by atoms with Crippen molar-refractivity contribution >= 4 is 0 Å². The normalized spacial score (nSPS) is 10.6. The molecule has 144 valence electrons. The van der Waals surface area contributed by atoms with Crippen molar-refractivity contribution in [3.8, 4) is 35.3 Å². The number of aryl methyl sites for hydroxylation is 1. The molecular formula is C21H22N4O3. The monoisotopic (exact) mass is 378 g/mol. The Morgan fingerprint density at radius 3 is 2.11 bits per heavy atom. The highest BCUT2D eigenvalue weighted by atomic mass is 16.5. The lowest BCUT2D eigenvalue weighted by Crippen LogP contribution is -1.99. The number of ether oxygens (including phenoxy) is 1. The third-order valence-corrected chi connectivity index (χ3v) is 4.68. The minimum Gasteiger partial charge on any atom is -0.494 e. The first-order valence-electron chi connectivity index (χ1n) is 9.21. The minimum absolute atomic E-state index is 0.00511. The van der Waals surface area contributed by atoms with Crippen molar-refractivity contribution in [1.82, 2.24) is 14.5 Å². The first kappa shape index (κ1) is 19.2. The summed E-state index contributed by atoms with van der Waals surface area (Å²) in [5.41, 5.74) is 3.31. The van der Waals surface area contributed by atoms with E-state index in [4.69, 9.17) is 10.00 Å². The van der Waals surface area contributed by atoms with Crippen molar-refractivity contribution in [2.75, 3.05) is 0 Å². The smallest absolute Gasteiger partial charge is 0.322 e. The Bertz CT molecular complexity index is 1010. The number of aromatic nitrogens is 3. The van der Waals surface area contributed by atoms with Gasteiger partial charge in [-0.1, -0.05) is 20.8 Å². The number of nitrogens with zero attached hydrogens (tertiary/aromatic N) is 4. The minimum atomic E-state index is -0.00511. The van der Waals surface area contributed by atoms with Gasteiger partial charge in [-0.05, 0) is 43.0 Å². The molecule has 0 aliphatic heterocycles. The number of benzene rings is 1. The summed E-state index contributed by atoms with van der Waals surface area (Å²) in [6.45, 7) is 5.82. The second-order valence-electron chi connectivity index (χ2n) is 6.26. The van der Waals surface area contributed by atoms with E-state index < -0.39 is 0 Å². The Morgan fingerprint density at radius 2 is 1.61 bits per heavy atom. The molecule has 0 atom stereocenters. The molecule has 0 spiro atoms. The fourth-order valence-electron chi connectivity index (χ4n) is 3.23. The lowest BCUT2D eigenvalue weighted by molar-refractivity contribution is 0.397. The second-order valence-corrected chi connectivity index (χ2v) is 6.26. The summed E-state index contributed by atoms with van der Waals surface area (Å²) in [5.74, 6) is 0.575. The van der Waals surface area contributed by atoms with Crippen molar-refractivity contribution in [1.29, 1.82) is 5.26 Å². The van der Waals surface area contributed by atoms with Crippen molar-refractivity contribution in [3.63, 3.8) is 0 Å². The van der Waals surface area contributed by atoms with Crippen LogP contribution in [-0.4, -0.2) is 24.7 Å². The Kier molecular flexibility index (Phi) is 5.50. The molecule has 3 aromatic rings. The van der Waals surface area contributed by atoms with Crippen LogP contribution in [0.2, 0.25) is 0 Å². The summed E-state index contributed by atoms with van der Waals surface area (Å²) in [5, 5.41) is 30.0. The Balaban J connectivity index is 1.92. The third-order valence-electron chi connectivity index (χ3n) is 4.68. The van der Waals surface area contributed by atoms with Crippen molar-refractivity contribution < 1.29 is 14.9 Å². The highest BCUT2D eigenvalue weighted by Gasteiger charge is 2.21. The maximum absolute atomic E-state index is 10.5. The Hall–Kier alpha value is -3.53. The van der Waals surface area contributed by atoms with E-state index >= 15 is 0 Å². The average Bonchev–Trinajstić information content (AvgIpc) is 2.97. The van der Waals surface area contributed by atoms with Crippen LogP contribution < -0.4 is 4.74 Å². The fourth-order valence-corrected chi connectivity index (χ4v) is 3.23. The number of aromatic hydroxyl groups is 2. The summed E-state index contributed by atoms with van der Waals surface area (Å²) in [6.07, 6.45) is 4.88. The Labute approximate surface area is 163 Å². The van der Waals surface area contributed by atoms with Gasteiger partial charge >= 0.3 is 6.01 Å². The summed E-state index contributed by atoms with van der Waals surface area (Å²) >= 11 is 0. The molecule has 0 saturated carbocycles. The van der Waals surface area contributed by atoms with Crippen LogP contribution in [0.25, 0.3) is 5.69 Å². The molecule has 0 fully saturated rings. The molecule has 7 nitrogen and oxygen atoms in total. The number of rotatable bonds is 6. The molecular weight excluding hydrogens is 356 g/mol. The molecule has 2 aromatic heterocycles. The largest absolute Gasteiger partial charge is 0.494 e. The van der Waals surface area contributed by atoms with Gasteiger partial charge in [-0.15, -0.1) is 0 Å². The predicted octanol–water partition coefficient (Wildman–Crippen LogP) is 4.03. The van der Waals surface area contributed by atoms with Crippen molar-refractivity contribution in [2.45, 2.75) is 40.0 Å². The first-order chi connectivity index (χ1) is 13.5. The van der Waals surface area contributed by atoms with Gasteiger partial charge in [-0.3, -0.25) is 0 Å². The molecule has 0 aliphatic rings. The molecule has 0 unspecified atom stereocenters. The summed E-state index contributed by atoms with van der Waals surface area (Å²) in [6, 6.07) is 7.42. The second kappa shape index (κ2) is 8.01. The zero-order valence-corrected chi connectivity index (χ0v) is 16.1. The first-order valence-corrected chi connectivity index (χ1v) is 9.21. The standard InChI is InChI=1S/C21H22N4O3/c1-4-14-9-13(10-22)7-8-18(14)28-21-23-11-15(12-24-21)25-19(26)16(5-2)17(6-3)20(25)27/h7-9,11-12,26-27H,4-6H2,1-3H3. The van der Waals surface area contributed by atoms with Crippen LogP contribution in [0.4, 0.5) is 0 Å². The molecule has 0 radical (unpaired) electrons. The van der Waals surface area contributed by atoms with E-state index in [0.29, 0.717) is 47.4 Å². The predicted molar refractivity (Wildman–Crippen MR) is 104 cm³/mol. The van der Waals surface area contributed by atoms with Gasteiger partial charge in [0.05, 0.1) is 29.7 Å². The third kappa shape index (κ3) is 3.37. The van der Waals surface area contributed by atoms with Gasteiger partial charge in [-0.25, -0.2) is 14.5 Å². The van der Waals surface area contributed by atoms with Crippen LogP contribution in [-0.2, 0) is 19.3 Å². The van der Waals surface area contributed by atoms with Crippen LogP contribution in [0.15, 0.2) is 30.6 Å². The van der Waals surface area contributed by atoms with Crippen LogP contribution in [0.5, 0.6) is 23.5 Å². The lowest BCUT2D eigenvalue weighted by atomic mass is 10.1. The van der Waals surface area contributed by atoms with Gasteiger partial charge < -0.3 is 14.9 Å². The highest BCUT2D eigenvalue weighted by Crippen LogP contribution is 2.37. The SMILES string of the molecule is CCc1cc(C#N)ccc1Oc1ncc(-n2c(O)c(CC)c(CC)c2O)cn1. The van der Waals surface area contributed by atoms with Crippen molar-refractivity contribution in [2.24, 2.45) is 0 Å². The van der Waals surface area contributed by atoms with Crippen molar-refractivity contribution in [3.05, 3.63) is 52.8 Å². The maximum Gasteiger partial charge on any atom is 0.322 e. The average molecular weight is 378 g/mol. The summed E-state index contributed by atoms with van der Waals surface area (Å²) in [4.78, 5) is 8.40. The molecule has 0 bridgehead atoms.